The van der Waals surface area contributed by atoms with Crippen molar-refractivity contribution in [3.8, 4) is 0 Å². The quantitative estimate of drug-likeness (QED) is 0.824. The number of aromatic nitrogens is 2. The first-order valence-corrected chi connectivity index (χ1v) is 6.64. The van der Waals surface area contributed by atoms with Gasteiger partial charge < -0.3 is 10.7 Å². The number of nitrogens with zero attached hydrogens (tertiary/aromatic N) is 1. The second kappa shape index (κ2) is 5.84. The highest BCUT2D eigenvalue weighted by Crippen LogP contribution is 2.21. The molecule has 3 N–H and O–H groups in total. The lowest BCUT2D eigenvalue weighted by atomic mass is 10.2. The van der Waals surface area contributed by atoms with Crippen LogP contribution in [0.2, 0.25) is 0 Å². The number of aryl methyl sites for hydroxylation is 1. The first-order chi connectivity index (χ1) is 8.67. The summed E-state index contributed by atoms with van der Waals surface area (Å²) in [6, 6.07) is 9.66. The number of nitrogens with two attached hydrogens (primary N) is 1. The minimum Gasteiger partial charge on any atom is -0.325 e. The predicted molar refractivity (Wildman–Crippen MR) is 73.5 cm³/mol. The van der Waals surface area contributed by atoms with Crippen molar-refractivity contribution >= 4 is 11.8 Å². The molecule has 0 radical (unpaired) electrons. The van der Waals surface area contributed by atoms with Crippen LogP contribution < -0.4 is 11.3 Å². The maximum atomic E-state index is 11.4. The van der Waals surface area contributed by atoms with Gasteiger partial charge in [-0.15, -0.1) is 11.8 Å². The Labute approximate surface area is 110 Å². The summed E-state index contributed by atoms with van der Waals surface area (Å²) in [4.78, 5) is 19.5. The molecule has 2 rings (SSSR count). The molecule has 0 saturated carbocycles. The number of hydrogen-bond donors (Lipinski definition) is 2. The fourth-order valence-electron chi connectivity index (χ4n) is 1.59. The zero-order valence-corrected chi connectivity index (χ0v) is 11.0. The van der Waals surface area contributed by atoms with Gasteiger partial charge in [-0.3, -0.25) is 4.79 Å². The largest absolute Gasteiger partial charge is 0.325 e. The Balaban J connectivity index is 2.10. The lowest BCUT2D eigenvalue weighted by Gasteiger charge is -2.04. The van der Waals surface area contributed by atoms with Gasteiger partial charge in [-0.05, 0) is 19.1 Å². The van der Waals surface area contributed by atoms with Crippen molar-refractivity contribution in [3.63, 3.8) is 0 Å². The van der Waals surface area contributed by atoms with E-state index in [4.69, 9.17) is 5.73 Å². The summed E-state index contributed by atoms with van der Waals surface area (Å²) in [7, 11) is 0. The van der Waals surface area contributed by atoms with E-state index < -0.39 is 0 Å². The van der Waals surface area contributed by atoms with Crippen molar-refractivity contribution < 1.29 is 0 Å². The third-order valence-electron chi connectivity index (χ3n) is 2.42. The third-order valence-corrected chi connectivity index (χ3v) is 3.42. The molecule has 4 nitrogen and oxygen atoms in total. The molecule has 0 spiro atoms. The molecule has 0 fully saturated rings. The average Bonchev–Trinajstić information content (AvgIpc) is 2.36. The minimum absolute atomic E-state index is 0.148. The second-order valence-electron chi connectivity index (χ2n) is 3.99. The number of hydrogen-bond acceptors (Lipinski definition) is 4. The molecule has 0 amide bonds. The van der Waals surface area contributed by atoms with Crippen LogP contribution in [0.5, 0.6) is 0 Å². The summed E-state index contributed by atoms with van der Waals surface area (Å²) in [5, 5.41) is 0. The monoisotopic (exact) mass is 261 g/mol. The Hall–Kier alpha value is -1.59. The Morgan fingerprint density at radius 3 is 2.94 bits per heavy atom. The molecule has 0 saturated heterocycles. The normalized spacial score (nSPS) is 10.6. The van der Waals surface area contributed by atoms with E-state index in [0.29, 0.717) is 17.3 Å². The van der Waals surface area contributed by atoms with Gasteiger partial charge in [0.1, 0.15) is 5.82 Å². The van der Waals surface area contributed by atoms with Crippen LogP contribution in [0.1, 0.15) is 17.1 Å². The van der Waals surface area contributed by atoms with Crippen LogP contribution in [0.3, 0.4) is 0 Å². The number of H-pyrrole nitrogens is 1. The first-order valence-electron chi connectivity index (χ1n) is 5.66. The fourth-order valence-corrected chi connectivity index (χ4v) is 2.48. The lowest BCUT2D eigenvalue weighted by Crippen LogP contribution is -2.14. The fraction of sp³-hybridized carbons (Fsp3) is 0.231. The van der Waals surface area contributed by atoms with Gasteiger partial charge in [-0.2, -0.15) is 0 Å². The van der Waals surface area contributed by atoms with E-state index in [1.54, 1.807) is 11.8 Å². The number of rotatable bonds is 4. The molecule has 0 aliphatic heterocycles. The topological polar surface area (TPSA) is 71.8 Å². The molecule has 0 unspecified atom stereocenters. The Bertz CT molecular complexity index is 595. The molecule has 1 aromatic heterocycles. The molecule has 0 atom stereocenters. The smallest absolute Gasteiger partial charge is 0.251 e. The Morgan fingerprint density at radius 1 is 1.39 bits per heavy atom. The van der Waals surface area contributed by atoms with E-state index in [2.05, 4.69) is 29.0 Å². The summed E-state index contributed by atoms with van der Waals surface area (Å²) in [6.07, 6.45) is 0. The van der Waals surface area contributed by atoms with Gasteiger partial charge in [0, 0.05) is 17.5 Å². The van der Waals surface area contributed by atoms with E-state index in [9.17, 15) is 4.79 Å². The standard InChI is InChI=1S/C13H15N3OS/c1-9-3-2-4-11(5-9)18-8-12-15-10(7-14)6-13(17)16-12/h2-6H,7-8,14H2,1H3,(H,15,16,17). The van der Waals surface area contributed by atoms with Crippen LogP contribution in [-0.2, 0) is 12.3 Å². The molecule has 1 heterocycles. The van der Waals surface area contributed by atoms with Crippen LogP contribution in [0.4, 0.5) is 0 Å². The van der Waals surface area contributed by atoms with Crippen molar-refractivity contribution in [2.45, 2.75) is 24.1 Å². The van der Waals surface area contributed by atoms with Crippen molar-refractivity contribution in [1.82, 2.24) is 9.97 Å². The number of thioether (sulfide) groups is 1. The number of aromatic amines is 1. The van der Waals surface area contributed by atoms with E-state index in [1.807, 2.05) is 12.1 Å². The maximum absolute atomic E-state index is 11.4. The molecule has 94 valence electrons. The summed E-state index contributed by atoms with van der Waals surface area (Å²) < 4.78 is 0. The van der Waals surface area contributed by atoms with Gasteiger partial charge in [0.25, 0.3) is 5.56 Å². The second-order valence-corrected chi connectivity index (χ2v) is 5.04. The zero-order valence-electron chi connectivity index (χ0n) is 10.1. The highest BCUT2D eigenvalue weighted by atomic mass is 32.2. The van der Waals surface area contributed by atoms with Crippen LogP contribution in [-0.4, -0.2) is 9.97 Å². The molecule has 1 aromatic carbocycles. The molecular weight excluding hydrogens is 246 g/mol. The van der Waals surface area contributed by atoms with Crippen LogP contribution in [0.15, 0.2) is 40.0 Å². The zero-order chi connectivity index (χ0) is 13.0. The van der Waals surface area contributed by atoms with Gasteiger partial charge >= 0.3 is 0 Å². The summed E-state index contributed by atoms with van der Waals surface area (Å²) in [6.45, 7) is 2.34. The third kappa shape index (κ3) is 3.45. The van der Waals surface area contributed by atoms with Gasteiger partial charge in [0.05, 0.1) is 11.4 Å². The van der Waals surface area contributed by atoms with Crippen molar-refractivity contribution in [2.75, 3.05) is 0 Å². The lowest BCUT2D eigenvalue weighted by molar-refractivity contribution is 0.902. The Kier molecular flexibility index (Phi) is 4.17. The van der Waals surface area contributed by atoms with Gasteiger partial charge in [0.2, 0.25) is 0 Å². The van der Waals surface area contributed by atoms with Gasteiger partial charge in [-0.1, -0.05) is 17.7 Å². The molecule has 0 aliphatic rings. The molecule has 5 heteroatoms. The van der Waals surface area contributed by atoms with Gasteiger partial charge in [0.15, 0.2) is 0 Å². The molecule has 18 heavy (non-hydrogen) atoms. The van der Waals surface area contributed by atoms with Crippen molar-refractivity contribution in [3.05, 3.63) is 57.8 Å². The SMILES string of the molecule is Cc1cccc(SCc2nc(CN)cc(=O)[nH]2)c1. The molecule has 0 bridgehead atoms. The number of benzene rings is 1. The molecule has 0 aliphatic carbocycles. The molecular formula is C13H15N3OS. The van der Waals surface area contributed by atoms with Crippen molar-refractivity contribution in [1.29, 1.82) is 0 Å². The van der Waals surface area contributed by atoms with Crippen LogP contribution in [0.25, 0.3) is 0 Å². The first kappa shape index (κ1) is 12.9. The average molecular weight is 261 g/mol. The highest BCUT2D eigenvalue weighted by molar-refractivity contribution is 7.98. The molecule has 2 aromatic rings. The van der Waals surface area contributed by atoms with Crippen LogP contribution in [0, 0.1) is 6.92 Å². The Morgan fingerprint density at radius 2 is 2.22 bits per heavy atom. The number of nitrogens with one attached hydrogen (secondary N) is 1. The van der Waals surface area contributed by atoms with E-state index >= 15 is 0 Å². The van der Waals surface area contributed by atoms with E-state index in [1.165, 1.54) is 11.6 Å². The predicted octanol–water partition coefficient (Wildman–Crippen LogP) is 1.83. The van der Waals surface area contributed by atoms with E-state index in [0.717, 1.165) is 4.90 Å². The van der Waals surface area contributed by atoms with E-state index in [-0.39, 0.29) is 12.1 Å². The minimum atomic E-state index is -0.148. The maximum Gasteiger partial charge on any atom is 0.251 e. The van der Waals surface area contributed by atoms with Gasteiger partial charge in [-0.25, -0.2) is 4.98 Å². The summed E-state index contributed by atoms with van der Waals surface area (Å²) >= 11 is 1.64. The van der Waals surface area contributed by atoms with Crippen LogP contribution >= 0.6 is 11.8 Å². The highest BCUT2D eigenvalue weighted by Gasteiger charge is 2.01. The van der Waals surface area contributed by atoms with Crippen molar-refractivity contribution in [2.24, 2.45) is 5.73 Å². The summed E-state index contributed by atoms with van der Waals surface area (Å²) in [5.41, 5.74) is 7.19. The summed E-state index contributed by atoms with van der Waals surface area (Å²) in [5.74, 6) is 1.29.